The van der Waals surface area contributed by atoms with E-state index in [1.807, 2.05) is 55.1 Å². The number of anilines is 2. The van der Waals surface area contributed by atoms with Gasteiger partial charge in [-0.2, -0.15) is 0 Å². The highest BCUT2D eigenvalue weighted by atomic mass is 16.2. The quantitative estimate of drug-likeness (QED) is 0.687. The highest BCUT2D eigenvalue weighted by Gasteiger charge is 2.26. The van der Waals surface area contributed by atoms with Gasteiger partial charge >= 0.3 is 0 Å². The number of nitrogens with one attached hydrogen (secondary N) is 2. The third-order valence-electron chi connectivity index (χ3n) is 6.08. The second kappa shape index (κ2) is 9.99. The molecule has 3 rings (SSSR count). The number of para-hydroxylation sites is 1. The van der Waals surface area contributed by atoms with Crippen LogP contribution in [0.5, 0.6) is 0 Å². The maximum absolute atomic E-state index is 13.1. The summed E-state index contributed by atoms with van der Waals surface area (Å²) in [7, 11) is 0. The average molecular weight is 422 g/mol. The van der Waals surface area contributed by atoms with Gasteiger partial charge in [0.15, 0.2) is 0 Å². The van der Waals surface area contributed by atoms with Crippen LogP contribution >= 0.6 is 0 Å². The summed E-state index contributed by atoms with van der Waals surface area (Å²) < 4.78 is 0. The maximum Gasteiger partial charge on any atom is 0.253 e. The molecular weight excluding hydrogens is 386 g/mol. The van der Waals surface area contributed by atoms with Crippen LogP contribution in [0.2, 0.25) is 0 Å². The number of benzene rings is 2. The number of likely N-dealkylation sites (tertiary alicyclic amines) is 1. The van der Waals surface area contributed by atoms with Crippen LogP contribution in [-0.4, -0.2) is 36.3 Å². The van der Waals surface area contributed by atoms with E-state index >= 15 is 0 Å². The minimum absolute atomic E-state index is 0.0680. The standard InChI is InChI=1S/C26H35N3O2/c1-6-21-9-7-8-20(5)25(21)28-24(30)14-27-23-13-22(11-10-19(23)4)26(31)29-15-17(2)12-18(3)16-29/h7-11,13,17-18,27H,6,12,14-16H2,1-5H3,(H,28,30). The third-order valence-corrected chi connectivity index (χ3v) is 6.08. The molecule has 0 bridgehead atoms. The number of carbonyl (C=O) groups excluding carboxylic acids is 2. The van der Waals surface area contributed by atoms with Crippen molar-refractivity contribution in [1.29, 1.82) is 0 Å². The zero-order chi connectivity index (χ0) is 22.5. The second-order valence-electron chi connectivity index (χ2n) is 9.05. The van der Waals surface area contributed by atoms with Gasteiger partial charge in [0.1, 0.15) is 0 Å². The van der Waals surface area contributed by atoms with E-state index in [0.29, 0.717) is 17.4 Å². The maximum atomic E-state index is 13.1. The van der Waals surface area contributed by atoms with E-state index in [9.17, 15) is 9.59 Å². The third kappa shape index (κ3) is 5.66. The molecule has 0 aliphatic carbocycles. The molecule has 1 saturated heterocycles. The summed E-state index contributed by atoms with van der Waals surface area (Å²) in [5.74, 6) is 1.01. The van der Waals surface area contributed by atoms with Crippen LogP contribution < -0.4 is 10.6 Å². The Morgan fingerprint density at radius 2 is 1.74 bits per heavy atom. The molecule has 0 saturated carbocycles. The molecule has 2 aromatic rings. The summed E-state index contributed by atoms with van der Waals surface area (Å²) in [6, 6.07) is 11.8. The highest BCUT2D eigenvalue weighted by molar-refractivity contribution is 5.97. The fraction of sp³-hybridized carbons (Fsp3) is 0.462. The Balaban J connectivity index is 1.67. The minimum atomic E-state index is -0.0983. The van der Waals surface area contributed by atoms with Crippen LogP contribution in [0.3, 0.4) is 0 Å². The van der Waals surface area contributed by atoms with E-state index in [1.54, 1.807) is 0 Å². The number of hydrogen-bond donors (Lipinski definition) is 2. The first-order valence-electron chi connectivity index (χ1n) is 11.3. The predicted octanol–water partition coefficient (Wildman–Crippen LogP) is 5.03. The Morgan fingerprint density at radius 1 is 1.03 bits per heavy atom. The van der Waals surface area contributed by atoms with Crippen LogP contribution in [0.4, 0.5) is 11.4 Å². The topological polar surface area (TPSA) is 61.4 Å². The molecule has 5 heteroatoms. The number of nitrogens with zero attached hydrogens (tertiary/aromatic N) is 1. The first-order chi connectivity index (χ1) is 14.8. The van der Waals surface area contributed by atoms with E-state index < -0.39 is 0 Å². The molecule has 1 fully saturated rings. The van der Waals surface area contributed by atoms with Crippen molar-refractivity contribution in [2.45, 2.75) is 47.5 Å². The van der Waals surface area contributed by atoms with Crippen molar-refractivity contribution in [3.63, 3.8) is 0 Å². The fourth-order valence-corrected chi connectivity index (χ4v) is 4.52. The molecule has 1 heterocycles. The molecule has 2 amide bonds. The first-order valence-corrected chi connectivity index (χ1v) is 11.3. The lowest BCUT2D eigenvalue weighted by molar-refractivity contribution is -0.114. The van der Waals surface area contributed by atoms with E-state index in [-0.39, 0.29) is 18.4 Å². The van der Waals surface area contributed by atoms with Crippen molar-refractivity contribution in [3.8, 4) is 0 Å². The summed E-state index contributed by atoms with van der Waals surface area (Å²) in [4.78, 5) is 27.6. The second-order valence-corrected chi connectivity index (χ2v) is 9.05. The lowest BCUT2D eigenvalue weighted by Gasteiger charge is -2.35. The van der Waals surface area contributed by atoms with Gasteiger partial charge in [0.05, 0.1) is 6.54 Å². The van der Waals surface area contributed by atoms with Crippen molar-refractivity contribution in [3.05, 3.63) is 58.7 Å². The number of piperidine rings is 1. The van der Waals surface area contributed by atoms with Gasteiger partial charge in [-0.15, -0.1) is 0 Å². The Labute approximate surface area is 186 Å². The molecule has 5 nitrogen and oxygen atoms in total. The summed E-state index contributed by atoms with van der Waals surface area (Å²) in [6.45, 7) is 12.2. The smallest absolute Gasteiger partial charge is 0.253 e. The van der Waals surface area contributed by atoms with E-state index in [4.69, 9.17) is 0 Å². The highest BCUT2D eigenvalue weighted by Crippen LogP contribution is 2.25. The van der Waals surface area contributed by atoms with Crippen LogP contribution in [0.1, 0.15) is 54.2 Å². The van der Waals surface area contributed by atoms with Gasteiger partial charge in [-0.1, -0.05) is 45.0 Å². The summed E-state index contributed by atoms with van der Waals surface area (Å²) in [5, 5.41) is 6.26. The lowest BCUT2D eigenvalue weighted by Crippen LogP contribution is -2.42. The molecule has 2 unspecified atom stereocenters. The Hall–Kier alpha value is -2.82. The monoisotopic (exact) mass is 421 g/mol. The van der Waals surface area contributed by atoms with Crippen LogP contribution in [0.15, 0.2) is 36.4 Å². The van der Waals surface area contributed by atoms with Gasteiger partial charge < -0.3 is 15.5 Å². The van der Waals surface area contributed by atoms with E-state index in [2.05, 4.69) is 31.4 Å². The van der Waals surface area contributed by atoms with E-state index in [1.165, 1.54) is 6.42 Å². The van der Waals surface area contributed by atoms with Crippen molar-refractivity contribution in [2.75, 3.05) is 30.3 Å². The van der Waals surface area contributed by atoms with Crippen molar-refractivity contribution >= 4 is 23.2 Å². The van der Waals surface area contributed by atoms with Crippen molar-refractivity contribution in [1.82, 2.24) is 4.90 Å². The van der Waals surface area contributed by atoms with Crippen LogP contribution in [-0.2, 0) is 11.2 Å². The van der Waals surface area contributed by atoms with Crippen LogP contribution in [0, 0.1) is 25.7 Å². The predicted molar refractivity (Wildman–Crippen MR) is 128 cm³/mol. The van der Waals surface area contributed by atoms with Crippen LogP contribution in [0.25, 0.3) is 0 Å². The zero-order valence-electron chi connectivity index (χ0n) is 19.4. The minimum Gasteiger partial charge on any atom is -0.376 e. The zero-order valence-corrected chi connectivity index (χ0v) is 19.4. The molecule has 0 radical (unpaired) electrons. The fourth-order valence-electron chi connectivity index (χ4n) is 4.52. The van der Waals surface area contributed by atoms with E-state index in [0.717, 1.165) is 47.6 Å². The van der Waals surface area contributed by atoms with Gasteiger partial charge in [0, 0.05) is 30.0 Å². The molecule has 2 aromatic carbocycles. The summed E-state index contributed by atoms with van der Waals surface area (Å²) >= 11 is 0. The molecule has 166 valence electrons. The SMILES string of the molecule is CCc1cccc(C)c1NC(=O)CNc1cc(C(=O)N2CC(C)CC(C)C2)ccc1C. The molecule has 31 heavy (non-hydrogen) atoms. The molecule has 2 N–H and O–H groups in total. The Bertz CT molecular complexity index is 944. The molecule has 0 spiro atoms. The van der Waals surface area contributed by atoms with Crippen molar-refractivity contribution in [2.24, 2.45) is 11.8 Å². The van der Waals surface area contributed by atoms with Gasteiger partial charge in [-0.25, -0.2) is 0 Å². The Kier molecular flexibility index (Phi) is 7.37. The molecule has 1 aliphatic rings. The van der Waals surface area contributed by atoms with Gasteiger partial charge in [-0.3, -0.25) is 9.59 Å². The molecule has 0 aromatic heterocycles. The van der Waals surface area contributed by atoms with Gasteiger partial charge in [-0.05, 0) is 67.3 Å². The normalized spacial score (nSPS) is 18.5. The molecule has 1 aliphatic heterocycles. The summed E-state index contributed by atoms with van der Waals surface area (Å²) in [6.07, 6.45) is 2.03. The average Bonchev–Trinajstić information content (AvgIpc) is 2.73. The number of amides is 2. The first kappa shape index (κ1) is 22.9. The molecular formula is C26H35N3O2. The molecule has 2 atom stereocenters. The number of rotatable bonds is 6. The van der Waals surface area contributed by atoms with Gasteiger partial charge in [0.25, 0.3) is 5.91 Å². The van der Waals surface area contributed by atoms with Crippen molar-refractivity contribution < 1.29 is 9.59 Å². The lowest BCUT2D eigenvalue weighted by atomic mass is 9.91. The van der Waals surface area contributed by atoms with Gasteiger partial charge in [0.2, 0.25) is 5.91 Å². The number of carbonyl (C=O) groups is 2. The number of hydrogen-bond acceptors (Lipinski definition) is 3. The number of aryl methyl sites for hydroxylation is 3. The Morgan fingerprint density at radius 3 is 2.42 bits per heavy atom. The summed E-state index contributed by atoms with van der Waals surface area (Å²) in [5.41, 5.74) is 5.57. The largest absolute Gasteiger partial charge is 0.376 e.